The lowest BCUT2D eigenvalue weighted by Gasteiger charge is -2.32. The maximum Gasteiger partial charge on any atom is 0.0295 e. The van der Waals surface area contributed by atoms with Crippen molar-refractivity contribution < 1.29 is 0 Å². The number of benzene rings is 2. The summed E-state index contributed by atoms with van der Waals surface area (Å²) in [7, 11) is 2.30. The first-order valence-electron chi connectivity index (χ1n) is 8.29. The van der Waals surface area contributed by atoms with Gasteiger partial charge >= 0.3 is 0 Å². The predicted molar refractivity (Wildman–Crippen MR) is 98.4 cm³/mol. The Balaban J connectivity index is 1.67. The van der Waals surface area contributed by atoms with Crippen molar-refractivity contribution in [3.8, 4) is 0 Å². The Morgan fingerprint density at radius 3 is 2.77 bits per heavy atom. The summed E-state index contributed by atoms with van der Waals surface area (Å²) in [4.78, 5) is 2.60. The third-order valence-corrected chi connectivity index (χ3v) is 6.54. The maximum absolute atomic E-state index is 2.60. The van der Waals surface area contributed by atoms with Crippen molar-refractivity contribution in [1.82, 2.24) is 4.90 Å². The van der Waals surface area contributed by atoms with Crippen LogP contribution in [-0.2, 0) is 0 Å². The Morgan fingerprint density at radius 2 is 1.95 bits per heavy atom. The van der Waals surface area contributed by atoms with Crippen LogP contribution in [0, 0.1) is 0 Å². The summed E-state index contributed by atoms with van der Waals surface area (Å²) < 4.78 is 0. The topological polar surface area (TPSA) is 3.24 Å². The lowest BCUT2D eigenvalue weighted by molar-refractivity contribution is 0.266. The average Bonchev–Trinajstić information content (AvgIpc) is 2.73. The van der Waals surface area contributed by atoms with Crippen molar-refractivity contribution in [1.29, 1.82) is 0 Å². The molecule has 2 heteroatoms. The average molecular weight is 309 g/mol. The van der Waals surface area contributed by atoms with Crippen molar-refractivity contribution in [3.63, 3.8) is 0 Å². The summed E-state index contributed by atoms with van der Waals surface area (Å²) >= 11 is 2.14. The SMILES string of the molecule is CCSC1CC2C=C(c3ccc4ccccc4c3)CC1N2C. The highest BCUT2D eigenvalue weighted by Gasteiger charge is 2.41. The molecule has 2 aromatic rings. The van der Waals surface area contributed by atoms with Gasteiger partial charge in [-0.25, -0.2) is 0 Å². The normalized spacial score (nSPS) is 28.1. The molecule has 22 heavy (non-hydrogen) atoms. The number of thioether (sulfide) groups is 1. The molecule has 0 spiro atoms. The van der Waals surface area contributed by atoms with Gasteiger partial charge in [-0.05, 0) is 53.6 Å². The van der Waals surface area contributed by atoms with E-state index in [1.54, 1.807) is 5.57 Å². The van der Waals surface area contributed by atoms with Gasteiger partial charge in [-0.2, -0.15) is 11.8 Å². The molecule has 0 amide bonds. The molecule has 3 atom stereocenters. The monoisotopic (exact) mass is 309 g/mol. The van der Waals surface area contributed by atoms with Gasteiger partial charge in [0, 0.05) is 17.3 Å². The van der Waals surface area contributed by atoms with E-state index in [1.807, 2.05) is 0 Å². The first-order valence-corrected chi connectivity index (χ1v) is 9.34. The van der Waals surface area contributed by atoms with Crippen molar-refractivity contribution in [3.05, 3.63) is 54.1 Å². The van der Waals surface area contributed by atoms with E-state index in [9.17, 15) is 0 Å². The van der Waals surface area contributed by atoms with Crippen molar-refractivity contribution in [2.45, 2.75) is 37.1 Å². The summed E-state index contributed by atoms with van der Waals surface area (Å²) in [6.07, 6.45) is 5.04. The Labute approximate surface area is 137 Å². The summed E-state index contributed by atoms with van der Waals surface area (Å²) in [6, 6.07) is 16.9. The van der Waals surface area contributed by atoms with Crippen LogP contribution in [0.2, 0.25) is 0 Å². The molecule has 4 rings (SSSR count). The Morgan fingerprint density at radius 1 is 1.14 bits per heavy atom. The zero-order valence-electron chi connectivity index (χ0n) is 13.3. The highest BCUT2D eigenvalue weighted by atomic mass is 32.2. The number of hydrogen-bond acceptors (Lipinski definition) is 2. The molecule has 1 nitrogen and oxygen atoms in total. The minimum atomic E-state index is 0.629. The van der Waals surface area contributed by atoms with Crippen LogP contribution in [0.3, 0.4) is 0 Å². The van der Waals surface area contributed by atoms with Gasteiger partial charge < -0.3 is 0 Å². The fourth-order valence-corrected chi connectivity index (χ4v) is 5.32. The number of hydrogen-bond donors (Lipinski definition) is 0. The van der Waals surface area contributed by atoms with Crippen LogP contribution in [-0.4, -0.2) is 35.0 Å². The van der Waals surface area contributed by atoms with Crippen molar-refractivity contribution in [2.24, 2.45) is 0 Å². The molecule has 0 N–H and O–H groups in total. The molecule has 0 saturated carbocycles. The summed E-state index contributed by atoms with van der Waals surface area (Å²) in [5.74, 6) is 1.23. The van der Waals surface area contributed by atoms with Gasteiger partial charge in [0.1, 0.15) is 0 Å². The molecule has 3 unspecified atom stereocenters. The second kappa shape index (κ2) is 5.75. The highest BCUT2D eigenvalue weighted by Crippen LogP contribution is 2.42. The van der Waals surface area contributed by atoms with Crippen LogP contribution < -0.4 is 0 Å². The van der Waals surface area contributed by atoms with Crippen molar-refractivity contribution >= 4 is 28.1 Å². The Kier molecular flexibility index (Phi) is 3.75. The van der Waals surface area contributed by atoms with Crippen LogP contribution in [0.1, 0.15) is 25.3 Å². The van der Waals surface area contributed by atoms with Crippen LogP contribution in [0.5, 0.6) is 0 Å². The number of rotatable bonds is 3. The molecule has 1 saturated heterocycles. The third-order valence-electron chi connectivity index (χ3n) is 5.27. The van der Waals surface area contributed by atoms with Gasteiger partial charge in [0.2, 0.25) is 0 Å². The van der Waals surface area contributed by atoms with E-state index < -0.39 is 0 Å². The second-order valence-electron chi connectivity index (χ2n) is 6.49. The molecular weight excluding hydrogens is 286 g/mol. The van der Waals surface area contributed by atoms with E-state index in [1.165, 1.54) is 34.9 Å². The fraction of sp³-hybridized carbons (Fsp3) is 0.400. The fourth-order valence-electron chi connectivity index (χ4n) is 4.05. The number of nitrogens with zero attached hydrogens (tertiary/aromatic N) is 1. The van der Waals surface area contributed by atoms with Gasteiger partial charge in [0.25, 0.3) is 0 Å². The number of likely N-dealkylation sites (N-methyl/N-ethyl adjacent to an activating group) is 1. The van der Waals surface area contributed by atoms with Crippen LogP contribution in [0.15, 0.2) is 48.5 Å². The molecule has 2 aliphatic rings. The molecule has 2 bridgehead atoms. The largest absolute Gasteiger partial charge is 0.296 e. The highest BCUT2D eigenvalue weighted by molar-refractivity contribution is 7.99. The summed E-state index contributed by atoms with van der Waals surface area (Å²) in [5, 5.41) is 3.49. The zero-order chi connectivity index (χ0) is 15.1. The lowest BCUT2D eigenvalue weighted by atomic mass is 9.93. The minimum absolute atomic E-state index is 0.629. The van der Waals surface area contributed by atoms with Gasteiger partial charge in [-0.15, -0.1) is 0 Å². The van der Waals surface area contributed by atoms with Crippen LogP contribution >= 0.6 is 11.8 Å². The van der Waals surface area contributed by atoms with Crippen LogP contribution in [0.25, 0.3) is 16.3 Å². The minimum Gasteiger partial charge on any atom is -0.296 e. The third kappa shape index (κ3) is 2.39. The first-order chi connectivity index (χ1) is 10.8. The predicted octanol–water partition coefficient (Wildman–Crippen LogP) is 4.82. The van der Waals surface area contributed by atoms with Gasteiger partial charge in [0.05, 0.1) is 0 Å². The summed E-state index contributed by atoms with van der Waals surface area (Å²) in [5.41, 5.74) is 2.97. The number of fused-ring (bicyclic) bond motifs is 3. The molecule has 114 valence electrons. The molecule has 2 aliphatic heterocycles. The van der Waals surface area contributed by atoms with Crippen LogP contribution in [0.4, 0.5) is 0 Å². The van der Waals surface area contributed by atoms with Gasteiger partial charge in [-0.1, -0.05) is 49.4 Å². The molecule has 1 fully saturated rings. The van der Waals surface area contributed by atoms with E-state index >= 15 is 0 Å². The molecule has 0 aromatic heterocycles. The molecule has 2 heterocycles. The quantitative estimate of drug-likeness (QED) is 0.799. The van der Waals surface area contributed by atoms with E-state index in [2.05, 4.69) is 79.2 Å². The van der Waals surface area contributed by atoms with Gasteiger partial charge in [-0.3, -0.25) is 4.90 Å². The standard InChI is InChI=1S/C20H23NS/c1-3-22-20-13-18-11-17(12-19(20)21(18)2)16-9-8-14-6-4-5-7-15(14)10-16/h4-11,18-20H,3,12-13H2,1-2H3. The molecular formula is C20H23NS. The van der Waals surface area contributed by atoms with Gasteiger partial charge in [0.15, 0.2) is 0 Å². The van der Waals surface area contributed by atoms with E-state index in [-0.39, 0.29) is 0 Å². The Bertz CT molecular complexity index is 720. The molecule has 2 aromatic carbocycles. The zero-order valence-corrected chi connectivity index (χ0v) is 14.1. The second-order valence-corrected chi connectivity index (χ2v) is 8.00. The smallest absolute Gasteiger partial charge is 0.0295 e. The lowest BCUT2D eigenvalue weighted by Crippen LogP contribution is -2.37. The van der Waals surface area contributed by atoms with E-state index in [0.717, 1.165) is 5.25 Å². The first kappa shape index (κ1) is 14.3. The van der Waals surface area contributed by atoms with Crippen molar-refractivity contribution in [2.75, 3.05) is 12.8 Å². The van der Waals surface area contributed by atoms with E-state index in [0.29, 0.717) is 12.1 Å². The Hall–Kier alpha value is -1.25. The van der Waals surface area contributed by atoms with E-state index in [4.69, 9.17) is 0 Å². The molecule has 0 aliphatic carbocycles. The molecule has 0 radical (unpaired) electrons. The summed E-state index contributed by atoms with van der Waals surface area (Å²) in [6.45, 7) is 2.28. The maximum atomic E-state index is 2.60.